The van der Waals surface area contributed by atoms with E-state index in [2.05, 4.69) is 17.2 Å². The Morgan fingerprint density at radius 1 is 1.11 bits per heavy atom. The second-order valence-electron chi connectivity index (χ2n) is 6.17. The Morgan fingerprint density at radius 2 is 1.81 bits per heavy atom. The molecule has 27 heavy (non-hydrogen) atoms. The third kappa shape index (κ3) is 5.16. The van der Waals surface area contributed by atoms with Gasteiger partial charge >= 0.3 is 11.7 Å². The largest absolute Gasteiger partial charge is 0.337 e. The summed E-state index contributed by atoms with van der Waals surface area (Å²) in [7, 11) is 1.41. The summed E-state index contributed by atoms with van der Waals surface area (Å²) < 4.78 is 0.769. The molecule has 144 valence electrons. The molecule has 0 aliphatic heterocycles. The van der Waals surface area contributed by atoms with Crippen molar-refractivity contribution in [2.75, 3.05) is 18.5 Å². The van der Waals surface area contributed by atoms with Crippen molar-refractivity contribution in [2.24, 2.45) is 0 Å². The summed E-state index contributed by atoms with van der Waals surface area (Å²) in [5.74, 6) is -0.425. The molecule has 2 aromatic rings. The Hall–Kier alpha value is -3.16. The van der Waals surface area contributed by atoms with E-state index in [0.717, 1.165) is 41.3 Å². The SMILES string of the molecule is CCCCCCNC(=O)n1cc(N(C)C(=O)c2ccccc2)c(=O)[nH]c1=O. The molecular formula is C19H24N4O4. The average molecular weight is 372 g/mol. The molecule has 1 aromatic carbocycles. The van der Waals surface area contributed by atoms with Crippen molar-refractivity contribution in [3.8, 4) is 0 Å². The van der Waals surface area contributed by atoms with Crippen molar-refractivity contribution < 1.29 is 9.59 Å². The van der Waals surface area contributed by atoms with Crippen LogP contribution in [0.25, 0.3) is 0 Å². The standard InChI is InChI=1S/C19H24N4O4/c1-3-4-5-9-12-20-18(26)23-13-15(16(24)21-19(23)27)22(2)17(25)14-10-7-6-8-11-14/h6-8,10-11,13H,3-5,9,12H2,1-2H3,(H,20,26)(H,21,24,27). The van der Waals surface area contributed by atoms with E-state index in [1.54, 1.807) is 30.3 Å². The van der Waals surface area contributed by atoms with Crippen LogP contribution in [0.15, 0.2) is 46.1 Å². The highest BCUT2D eigenvalue weighted by Gasteiger charge is 2.19. The third-order valence-corrected chi connectivity index (χ3v) is 4.14. The zero-order chi connectivity index (χ0) is 19.8. The van der Waals surface area contributed by atoms with Gasteiger partial charge in [-0.15, -0.1) is 0 Å². The number of nitrogens with one attached hydrogen (secondary N) is 2. The van der Waals surface area contributed by atoms with Crippen LogP contribution in [0.5, 0.6) is 0 Å². The Morgan fingerprint density at radius 3 is 2.48 bits per heavy atom. The second-order valence-corrected chi connectivity index (χ2v) is 6.17. The van der Waals surface area contributed by atoms with Crippen LogP contribution in [0.2, 0.25) is 0 Å². The van der Waals surface area contributed by atoms with Gasteiger partial charge in [-0.2, -0.15) is 0 Å². The number of unbranched alkanes of at least 4 members (excludes halogenated alkanes) is 3. The minimum atomic E-state index is -0.852. The Labute approximate surface area is 156 Å². The van der Waals surface area contributed by atoms with E-state index >= 15 is 0 Å². The lowest BCUT2D eigenvalue weighted by Gasteiger charge is -2.17. The van der Waals surface area contributed by atoms with Crippen LogP contribution < -0.4 is 21.5 Å². The fraction of sp³-hybridized carbons (Fsp3) is 0.368. The number of aromatic nitrogens is 2. The minimum Gasteiger partial charge on any atom is -0.337 e. The Kier molecular flexibility index (Phi) is 7.10. The van der Waals surface area contributed by atoms with Gasteiger partial charge in [-0.3, -0.25) is 14.6 Å². The van der Waals surface area contributed by atoms with E-state index in [1.165, 1.54) is 7.05 Å². The summed E-state index contributed by atoms with van der Waals surface area (Å²) in [6, 6.07) is 7.78. The van der Waals surface area contributed by atoms with Gasteiger partial charge in [-0.1, -0.05) is 44.4 Å². The maximum Gasteiger partial charge on any atom is 0.336 e. The first-order valence-electron chi connectivity index (χ1n) is 8.93. The predicted molar refractivity (Wildman–Crippen MR) is 103 cm³/mol. The summed E-state index contributed by atoms with van der Waals surface area (Å²) in [4.78, 5) is 52.1. The summed E-state index contributed by atoms with van der Waals surface area (Å²) >= 11 is 0. The van der Waals surface area contributed by atoms with E-state index in [-0.39, 0.29) is 5.69 Å². The number of nitrogens with zero attached hydrogens (tertiary/aromatic N) is 2. The summed E-state index contributed by atoms with van der Waals surface area (Å²) in [6.45, 7) is 2.52. The van der Waals surface area contributed by atoms with Crippen LogP contribution in [-0.4, -0.2) is 35.1 Å². The zero-order valence-corrected chi connectivity index (χ0v) is 15.5. The van der Waals surface area contributed by atoms with Crippen LogP contribution in [-0.2, 0) is 0 Å². The quantitative estimate of drug-likeness (QED) is 0.725. The van der Waals surface area contributed by atoms with Gasteiger partial charge in [0.25, 0.3) is 11.5 Å². The molecule has 0 saturated carbocycles. The van der Waals surface area contributed by atoms with E-state index < -0.39 is 23.2 Å². The van der Waals surface area contributed by atoms with Crippen molar-refractivity contribution in [2.45, 2.75) is 32.6 Å². The van der Waals surface area contributed by atoms with Crippen molar-refractivity contribution >= 4 is 17.6 Å². The smallest absolute Gasteiger partial charge is 0.336 e. The number of carbonyl (C=O) groups excluding carboxylic acids is 2. The molecule has 2 N–H and O–H groups in total. The molecule has 2 rings (SSSR count). The Balaban J connectivity index is 2.20. The molecule has 0 spiro atoms. The van der Waals surface area contributed by atoms with Crippen molar-refractivity contribution in [3.05, 3.63) is 62.9 Å². The summed E-state index contributed by atoms with van der Waals surface area (Å²) in [6.07, 6.45) is 5.03. The lowest BCUT2D eigenvalue weighted by Crippen LogP contribution is -2.42. The van der Waals surface area contributed by atoms with Gasteiger partial charge in [0, 0.05) is 25.4 Å². The van der Waals surface area contributed by atoms with Gasteiger partial charge < -0.3 is 10.2 Å². The van der Waals surface area contributed by atoms with Crippen LogP contribution in [0.3, 0.4) is 0 Å². The number of anilines is 1. The second kappa shape index (κ2) is 9.51. The Bertz CT molecular complexity index is 902. The number of aromatic amines is 1. The molecule has 0 aliphatic rings. The molecule has 2 amide bonds. The predicted octanol–water partition coefficient (Wildman–Crippen LogP) is 1.95. The van der Waals surface area contributed by atoms with E-state index in [4.69, 9.17) is 0 Å². The van der Waals surface area contributed by atoms with E-state index in [9.17, 15) is 19.2 Å². The number of carbonyl (C=O) groups is 2. The molecule has 0 saturated heterocycles. The molecule has 0 fully saturated rings. The maximum atomic E-state index is 12.5. The van der Waals surface area contributed by atoms with Crippen molar-refractivity contribution in [1.82, 2.24) is 14.9 Å². The van der Waals surface area contributed by atoms with Crippen molar-refractivity contribution in [3.63, 3.8) is 0 Å². The molecule has 8 heteroatoms. The summed E-state index contributed by atoms with van der Waals surface area (Å²) in [5, 5.41) is 2.64. The monoisotopic (exact) mass is 372 g/mol. The maximum absolute atomic E-state index is 12.5. The summed E-state index contributed by atoms with van der Waals surface area (Å²) in [5.41, 5.74) is -1.30. The van der Waals surface area contributed by atoms with Crippen LogP contribution >= 0.6 is 0 Å². The van der Waals surface area contributed by atoms with Gasteiger partial charge in [0.2, 0.25) is 0 Å². The molecule has 0 unspecified atom stereocenters. The van der Waals surface area contributed by atoms with Gasteiger partial charge in [0.1, 0.15) is 5.69 Å². The van der Waals surface area contributed by atoms with Crippen molar-refractivity contribution in [1.29, 1.82) is 0 Å². The molecule has 0 atom stereocenters. The number of H-pyrrole nitrogens is 1. The fourth-order valence-electron chi connectivity index (χ4n) is 2.57. The van der Waals surface area contributed by atoms with Crippen LogP contribution in [0.1, 0.15) is 43.0 Å². The first kappa shape index (κ1) is 20.2. The number of benzene rings is 1. The van der Waals surface area contributed by atoms with E-state index in [0.29, 0.717) is 12.1 Å². The van der Waals surface area contributed by atoms with Crippen LogP contribution in [0, 0.1) is 0 Å². The van der Waals surface area contributed by atoms with Gasteiger partial charge in [-0.25, -0.2) is 14.2 Å². The lowest BCUT2D eigenvalue weighted by molar-refractivity contribution is 0.0992. The van der Waals surface area contributed by atoms with Gasteiger partial charge in [-0.05, 0) is 18.6 Å². The highest BCUT2D eigenvalue weighted by Crippen LogP contribution is 2.09. The zero-order valence-electron chi connectivity index (χ0n) is 15.5. The number of hydrogen-bond acceptors (Lipinski definition) is 4. The minimum absolute atomic E-state index is 0.0930. The van der Waals surface area contributed by atoms with Gasteiger partial charge in [0.05, 0.1) is 0 Å². The normalized spacial score (nSPS) is 10.4. The first-order valence-corrected chi connectivity index (χ1v) is 8.93. The highest BCUT2D eigenvalue weighted by molar-refractivity contribution is 6.05. The molecule has 0 bridgehead atoms. The number of hydrogen-bond donors (Lipinski definition) is 2. The molecule has 0 radical (unpaired) electrons. The highest BCUT2D eigenvalue weighted by atomic mass is 16.2. The molecular weight excluding hydrogens is 348 g/mol. The number of amides is 2. The van der Waals surface area contributed by atoms with E-state index in [1.807, 2.05) is 0 Å². The first-order chi connectivity index (χ1) is 13.0. The van der Waals surface area contributed by atoms with Crippen LogP contribution in [0.4, 0.5) is 10.5 Å². The van der Waals surface area contributed by atoms with Gasteiger partial charge in [0.15, 0.2) is 0 Å². The lowest BCUT2D eigenvalue weighted by atomic mass is 10.2. The topological polar surface area (TPSA) is 104 Å². The molecule has 0 aliphatic carbocycles. The molecule has 1 heterocycles. The number of rotatable bonds is 7. The third-order valence-electron chi connectivity index (χ3n) is 4.14. The fourth-order valence-corrected chi connectivity index (χ4v) is 2.57. The molecule has 1 aromatic heterocycles. The average Bonchev–Trinajstić information content (AvgIpc) is 2.67. The molecule has 8 nitrogen and oxygen atoms in total.